The van der Waals surface area contributed by atoms with Crippen molar-refractivity contribution in [2.24, 2.45) is 4.99 Å². The Labute approximate surface area is 165 Å². The highest BCUT2D eigenvalue weighted by Crippen LogP contribution is 2.42. The molecule has 3 aromatic rings. The minimum atomic E-state index is -1.21. The maximum atomic E-state index is 5.94. The van der Waals surface area contributed by atoms with E-state index in [4.69, 9.17) is 14.1 Å². The van der Waals surface area contributed by atoms with Crippen molar-refractivity contribution in [2.45, 2.75) is 19.8 Å². The standard InChI is InChI=1S/C19H17N7O3/c1-10-7-22-19(23-12-5-14-11(2)24-28-18(14)20-8-12)26(17(10)25-29-19)13-3-4-16-15(6-13)21-9-27-16/h3-8,21,23,25H,9H2,1-2H3. The van der Waals surface area contributed by atoms with Gasteiger partial charge in [-0.05, 0) is 38.1 Å². The summed E-state index contributed by atoms with van der Waals surface area (Å²) in [6.07, 6.45) is 3.45. The monoisotopic (exact) mass is 391 g/mol. The normalized spacial score (nSPS) is 21.8. The summed E-state index contributed by atoms with van der Waals surface area (Å²) in [5, 5.41) is 11.4. The van der Waals surface area contributed by atoms with Crippen molar-refractivity contribution in [3.05, 3.63) is 47.6 Å². The van der Waals surface area contributed by atoms with Crippen LogP contribution in [0.25, 0.3) is 11.1 Å². The van der Waals surface area contributed by atoms with Gasteiger partial charge in [0.15, 0.2) is 6.73 Å². The lowest BCUT2D eigenvalue weighted by molar-refractivity contribution is -0.0214. The van der Waals surface area contributed by atoms with Crippen molar-refractivity contribution in [1.29, 1.82) is 0 Å². The molecule has 1 atom stereocenters. The molecule has 0 radical (unpaired) electrons. The molecule has 2 bridgehead atoms. The second-order valence-electron chi connectivity index (χ2n) is 7.05. The van der Waals surface area contributed by atoms with E-state index in [1.807, 2.05) is 43.0 Å². The molecular formula is C19H17N7O3. The molecule has 5 heterocycles. The second-order valence-corrected chi connectivity index (χ2v) is 7.05. The first kappa shape index (κ1) is 16.2. The Kier molecular flexibility index (Phi) is 3.13. The van der Waals surface area contributed by atoms with Crippen molar-refractivity contribution in [1.82, 2.24) is 15.6 Å². The van der Waals surface area contributed by atoms with Gasteiger partial charge in [-0.15, -0.1) is 0 Å². The van der Waals surface area contributed by atoms with Gasteiger partial charge in [-0.1, -0.05) is 5.16 Å². The molecule has 1 saturated heterocycles. The SMILES string of the molecule is CC1=C2NOC(Nc3cnc4onc(C)c4c3)(N=C1)N2c1ccc2c(c1)NCO2. The molecule has 3 N–H and O–H groups in total. The summed E-state index contributed by atoms with van der Waals surface area (Å²) in [5.41, 5.74) is 7.74. The maximum absolute atomic E-state index is 5.94. The Morgan fingerprint density at radius 2 is 2.17 bits per heavy atom. The molecule has 1 aromatic carbocycles. The van der Waals surface area contributed by atoms with Gasteiger partial charge in [0.1, 0.15) is 11.6 Å². The van der Waals surface area contributed by atoms with Gasteiger partial charge in [-0.3, -0.25) is 4.90 Å². The summed E-state index contributed by atoms with van der Waals surface area (Å²) in [4.78, 5) is 16.9. The zero-order chi connectivity index (χ0) is 19.6. The highest BCUT2D eigenvalue weighted by atomic mass is 16.7. The van der Waals surface area contributed by atoms with Crippen LogP contribution in [-0.2, 0) is 4.84 Å². The molecule has 10 heteroatoms. The second kappa shape index (κ2) is 5.61. The van der Waals surface area contributed by atoms with Gasteiger partial charge in [0, 0.05) is 11.8 Å². The molecule has 146 valence electrons. The average Bonchev–Trinajstić information content (AvgIpc) is 3.41. The lowest BCUT2D eigenvalue weighted by Crippen LogP contribution is -2.51. The number of nitrogens with zero attached hydrogens (tertiary/aromatic N) is 4. The lowest BCUT2D eigenvalue weighted by atomic mass is 10.2. The van der Waals surface area contributed by atoms with E-state index in [0.717, 1.165) is 45.3 Å². The predicted molar refractivity (Wildman–Crippen MR) is 106 cm³/mol. The van der Waals surface area contributed by atoms with Crippen LogP contribution >= 0.6 is 0 Å². The molecule has 1 unspecified atom stereocenters. The molecule has 0 aliphatic carbocycles. The van der Waals surface area contributed by atoms with E-state index in [0.29, 0.717) is 12.4 Å². The maximum Gasteiger partial charge on any atom is 0.351 e. The number of allylic oxidation sites excluding steroid dienone is 1. The lowest BCUT2D eigenvalue weighted by Gasteiger charge is -2.36. The first-order chi connectivity index (χ1) is 14.1. The zero-order valence-electron chi connectivity index (χ0n) is 15.7. The van der Waals surface area contributed by atoms with Crippen LogP contribution < -0.4 is 25.8 Å². The van der Waals surface area contributed by atoms with Crippen molar-refractivity contribution < 1.29 is 14.1 Å². The minimum Gasteiger partial charge on any atom is -0.471 e. The summed E-state index contributed by atoms with van der Waals surface area (Å²) in [6, 6.07) is 7.83. The number of hydroxylamine groups is 1. The molecule has 29 heavy (non-hydrogen) atoms. The molecule has 0 spiro atoms. The number of aromatic nitrogens is 2. The Morgan fingerprint density at radius 1 is 1.24 bits per heavy atom. The minimum absolute atomic E-state index is 0.459. The number of anilines is 3. The number of hydrogen-bond acceptors (Lipinski definition) is 10. The van der Waals surface area contributed by atoms with Crippen LogP contribution in [0.2, 0.25) is 0 Å². The van der Waals surface area contributed by atoms with E-state index < -0.39 is 5.97 Å². The molecule has 6 rings (SSSR count). The van der Waals surface area contributed by atoms with E-state index in [-0.39, 0.29) is 0 Å². The molecule has 2 aromatic heterocycles. The van der Waals surface area contributed by atoms with Crippen LogP contribution in [0.15, 0.2) is 51.4 Å². The topological polar surface area (TPSA) is 109 Å². The highest BCUT2D eigenvalue weighted by molar-refractivity contribution is 5.85. The number of pyridine rings is 1. The Bertz CT molecular complexity index is 1220. The van der Waals surface area contributed by atoms with E-state index in [1.54, 1.807) is 12.4 Å². The number of fused-ring (bicyclic) bond motifs is 4. The Balaban J connectivity index is 1.44. The quantitative estimate of drug-likeness (QED) is 0.621. The fourth-order valence-electron chi connectivity index (χ4n) is 3.68. The number of aryl methyl sites for hydroxylation is 1. The summed E-state index contributed by atoms with van der Waals surface area (Å²) >= 11 is 0. The van der Waals surface area contributed by atoms with Gasteiger partial charge in [-0.2, -0.15) is 0 Å². The van der Waals surface area contributed by atoms with Gasteiger partial charge in [0.25, 0.3) is 5.71 Å². The van der Waals surface area contributed by atoms with Crippen LogP contribution in [0, 0.1) is 6.92 Å². The van der Waals surface area contributed by atoms with E-state index in [1.165, 1.54) is 0 Å². The Morgan fingerprint density at radius 3 is 3.10 bits per heavy atom. The van der Waals surface area contributed by atoms with E-state index in [2.05, 4.69) is 31.2 Å². The fourth-order valence-corrected chi connectivity index (χ4v) is 3.68. The highest BCUT2D eigenvalue weighted by Gasteiger charge is 2.49. The van der Waals surface area contributed by atoms with Crippen molar-refractivity contribution in [3.8, 4) is 5.75 Å². The van der Waals surface area contributed by atoms with Crippen LogP contribution in [0.1, 0.15) is 12.6 Å². The van der Waals surface area contributed by atoms with Gasteiger partial charge in [0.05, 0.1) is 34.3 Å². The smallest absolute Gasteiger partial charge is 0.351 e. The fraction of sp³-hybridized carbons (Fsp3) is 0.211. The summed E-state index contributed by atoms with van der Waals surface area (Å²) in [5.74, 6) is 0.422. The summed E-state index contributed by atoms with van der Waals surface area (Å²) in [7, 11) is 0. The van der Waals surface area contributed by atoms with Crippen molar-refractivity contribution >= 4 is 34.4 Å². The number of nitrogens with one attached hydrogen (secondary N) is 3. The number of aliphatic imine (C=N–C) groups is 1. The van der Waals surface area contributed by atoms with Crippen LogP contribution in [0.5, 0.6) is 5.75 Å². The molecule has 10 nitrogen and oxygen atoms in total. The number of ether oxygens (including phenoxy) is 1. The van der Waals surface area contributed by atoms with Crippen LogP contribution in [-0.4, -0.2) is 29.1 Å². The van der Waals surface area contributed by atoms with Crippen molar-refractivity contribution in [3.63, 3.8) is 0 Å². The number of hydrogen-bond donors (Lipinski definition) is 3. The molecule has 1 fully saturated rings. The van der Waals surface area contributed by atoms with Gasteiger partial charge >= 0.3 is 5.97 Å². The average molecular weight is 391 g/mol. The first-order valence-corrected chi connectivity index (χ1v) is 9.14. The van der Waals surface area contributed by atoms with Gasteiger partial charge < -0.3 is 19.9 Å². The molecule has 0 amide bonds. The van der Waals surface area contributed by atoms with Crippen LogP contribution in [0.4, 0.5) is 17.1 Å². The first-order valence-electron chi connectivity index (χ1n) is 9.14. The van der Waals surface area contributed by atoms with Gasteiger partial charge in [0.2, 0.25) is 0 Å². The number of rotatable bonds is 3. The molecule has 3 aliphatic heterocycles. The van der Waals surface area contributed by atoms with Crippen molar-refractivity contribution in [2.75, 3.05) is 22.3 Å². The molecule has 0 saturated carbocycles. The number of benzene rings is 1. The van der Waals surface area contributed by atoms with E-state index >= 15 is 0 Å². The third kappa shape index (κ3) is 2.29. The third-order valence-electron chi connectivity index (χ3n) is 5.15. The zero-order valence-corrected chi connectivity index (χ0v) is 15.7. The summed E-state index contributed by atoms with van der Waals surface area (Å²) < 4.78 is 10.7. The summed E-state index contributed by atoms with van der Waals surface area (Å²) in [6.45, 7) is 4.30. The van der Waals surface area contributed by atoms with Gasteiger partial charge in [-0.25, -0.2) is 20.3 Å². The molecule has 3 aliphatic rings. The third-order valence-corrected chi connectivity index (χ3v) is 5.15. The largest absolute Gasteiger partial charge is 0.471 e. The predicted octanol–water partition coefficient (Wildman–Crippen LogP) is 2.67. The molecular weight excluding hydrogens is 374 g/mol. The Hall–Kier alpha value is -3.79. The van der Waals surface area contributed by atoms with Crippen LogP contribution in [0.3, 0.4) is 0 Å². The van der Waals surface area contributed by atoms with E-state index in [9.17, 15) is 0 Å².